The Bertz CT molecular complexity index is 3430. The molecule has 2 nitrogen and oxygen atoms in total. The van der Waals surface area contributed by atoms with E-state index < -0.39 is 0 Å². The molecule has 0 saturated carbocycles. The van der Waals surface area contributed by atoms with Crippen molar-refractivity contribution in [1.82, 2.24) is 0 Å². The zero-order valence-electron chi connectivity index (χ0n) is 41.2. The first-order valence-corrected chi connectivity index (χ1v) is 24.7. The van der Waals surface area contributed by atoms with Crippen molar-refractivity contribution in [3.63, 3.8) is 0 Å². The van der Waals surface area contributed by atoms with Gasteiger partial charge in [-0.3, -0.25) is 0 Å². The Morgan fingerprint density at radius 2 is 0.691 bits per heavy atom. The topological polar surface area (TPSA) is 6.48 Å². The van der Waals surface area contributed by atoms with Crippen molar-refractivity contribution in [2.75, 3.05) is 9.80 Å². The second kappa shape index (κ2) is 15.2. The molecule has 12 rings (SSSR count). The van der Waals surface area contributed by atoms with Gasteiger partial charge >= 0.3 is 0 Å². The summed E-state index contributed by atoms with van der Waals surface area (Å²) in [6.45, 7) is 23.5. The van der Waals surface area contributed by atoms with E-state index in [0.717, 1.165) is 0 Å². The van der Waals surface area contributed by atoms with Crippen LogP contribution in [-0.2, 0) is 10.8 Å². The molecule has 0 heterocycles. The van der Waals surface area contributed by atoms with E-state index in [0.29, 0.717) is 0 Å². The van der Waals surface area contributed by atoms with Gasteiger partial charge in [-0.05, 0) is 163 Å². The highest BCUT2D eigenvalue weighted by atomic mass is 15.2. The van der Waals surface area contributed by atoms with Crippen LogP contribution in [0.5, 0.6) is 0 Å². The number of anilines is 6. The van der Waals surface area contributed by atoms with Crippen molar-refractivity contribution >= 4 is 66.4 Å². The number of benzene rings is 10. The maximum absolute atomic E-state index is 2.57. The molecule has 10 aromatic carbocycles. The second-order valence-corrected chi connectivity index (χ2v) is 21.4. The van der Waals surface area contributed by atoms with Crippen molar-refractivity contribution in [2.24, 2.45) is 0 Å². The predicted molar refractivity (Wildman–Crippen MR) is 292 cm³/mol. The third kappa shape index (κ3) is 6.02. The fourth-order valence-corrected chi connectivity index (χ4v) is 12.4. The Morgan fingerprint density at radius 1 is 0.338 bits per heavy atom. The zero-order valence-corrected chi connectivity index (χ0v) is 41.2. The van der Waals surface area contributed by atoms with Crippen molar-refractivity contribution in [2.45, 2.75) is 91.9 Å². The SMILES string of the molecule is Cc1ccccc1N(c1ccc2c(c1)C(C)(C)c1ccccc1-2)c1cc(C(C)C)c2ccc3c(N(c4ccc5c(c4)C(C)(C)c4ccccc4-5)c4ccccc4C)cc(C(C)C)c4ccc1c2c43. The molecule has 2 aliphatic carbocycles. The minimum atomic E-state index is -0.129. The van der Waals surface area contributed by atoms with E-state index in [1.165, 1.54) is 133 Å². The summed E-state index contributed by atoms with van der Waals surface area (Å²) in [4.78, 5) is 5.14. The van der Waals surface area contributed by atoms with Crippen LogP contribution in [0.1, 0.15) is 112 Å². The molecule has 2 aliphatic rings. The molecule has 0 unspecified atom stereocenters. The second-order valence-electron chi connectivity index (χ2n) is 21.4. The minimum Gasteiger partial charge on any atom is -0.310 e. The summed E-state index contributed by atoms with van der Waals surface area (Å²) in [6, 6.07) is 65.0. The molecule has 10 aromatic rings. The number of hydrogen-bond donors (Lipinski definition) is 0. The lowest BCUT2D eigenvalue weighted by Gasteiger charge is -2.33. The Balaban J connectivity index is 1.16. The van der Waals surface area contributed by atoms with E-state index in [9.17, 15) is 0 Å². The summed E-state index contributed by atoms with van der Waals surface area (Å²) >= 11 is 0. The van der Waals surface area contributed by atoms with Crippen LogP contribution in [0.4, 0.5) is 34.1 Å². The van der Waals surface area contributed by atoms with Crippen LogP contribution in [0.15, 0.2) is 170 Å². The summed E-state index contributed by atoms with van der Waals surface area (Å²) in [6.07, 6.45) is 0. The molecule has 0 radical (unpaired) electrons. The standard InChI is InChI=1S/C66H60N2/c1-39(2)53-37-61(67(59-25-17-11-19-41(59)5)43-27-29-47-45-21-13-15-23-55(45)65(7,8)57(47)35-43)51-34-32-50-54(40(3)4)38-62(52-33-31-49(53)63(51)64(50)52)68(60-26-18-12-20-42(60)6)44-28-30-48-46-22-14-16-24-56(46)66(9,10)58(48)36-44/h11-40H,1-10H3. The van der Waals surface area contributed by atoms with Gasteiger partial charge in [0.05, 0.1) is 11.4 Å². The average molecular weight is 881 g/mol. The molecule has 334 valence electrons. The molecule has 0 spiro atoms. The van der Waals surface area contributed by atoms with Crippen LogP contribution in [0.2, 0.25) is 0 Å². The molecule has 0 amide bonds. The van der Waals surface area contributed by atoms with E-state index >= 15 is 0 Å². The predicted octanol–water partition coefficient (Wildman–Crippen LogP) is 19.0. The lowest BCUT2D eigenvalue weighted by molar-refractivity contribution is 0.660. The third-order valence-corrected chi connectivity index (χ3v) is 16.0. The van der Waals surface area contributed by atoms with Gasteiger partial charge in [0, 0.05) is 44.4 Å². The molecule has 0 aromatic heterocycles. The zero-order chi connectivity index (χ0) is 47.0. The highest BCUT2D eigenvalue weighted by molar-refractivity contribution is 6.29. The fourth-order valence-electron chi connectivity index (χ4n) is 12.4. The molecule has 2 heteroatoms. The van der Waals surface area contributed by atoms with Crippen molar-refractivity contribution in [3.8, 4) is 22.3 Å². The largest absolute Gasteiger partial charge is 0.310 e. The summed E-state index contributed by atoms with van der Waals surface area (Å²) in [7, 11) is 0. The van der Waals surface area contributed by atoms with Gasteiger partial charge in [0.1, 0.15) is 0 Å². The van der Waals surface area contributed by atoms with E-state index in [-0.39, 0.29) is 22.7 Å². The van der Waals surface area contributed by atoms with Gasteiger partial charge in [0.2, 0.25) is 0 Å². The molecule has 68 heavy (non-hydrogen) atoms. The summed E-state index contributed by atoms with van der Waals surface area (Å²) in [5.41, 5.74) is 23.0. The number of rotatable bonds is 8. The van der Waals surface area contributed by atoms with Crippen LogP contribution in [0.25, 0.3) is 54.6 Å². The average Bonchev–Trinajstić information content (AvgIpc) is 3.71. The first kappa shape index (κ1) is 42.2. The van der Waals surface area contributed by atoms with Gasteiger partial charge in [0.15, 0.2) is 0 Å². The smallest absolute Gasteiger partial charge is 0.0543 e. The molecule has 0 aliphatic heterocycles. The molecule has 0 N–H and O–H groups in total. The third-order valence-electron chi connectivity index (χ3n) is 16.0. The number of para-hydroxylation sites is 2. The minimum absolute atomic E-state index is 0.129. The normalized spacial score (nSPS) is 14.2. The number of nitrogens with zero attached hydrogens (tertiary/aromatic N) is 2. The van der Waals surface area contributed by atoms with Gasteiger partial charge in [-0.2, -0.15) is 0 Å². The summed E-state index contributed by atoms with van der Waals surface area (Å²) in [5.74, 6) is 0.578. The maximum atomic E-state index is 2.57. The molecular formula is C66H60N2. The highest BCUT2D eigenvalue weighted by Crippen LogP contribution is 2.55. The molecule has 0 bridgehead atoms. The monoisotopic (exact) mass is 880 g/mol. The first-order valence-electron chi connectivity index (χ1n) is 24.7. The van der Waals surface area contributed by atoms with Crippen LogP contribution >= 0.6 is 0 Å². The number of fused-ring (bicyclic) bond motifs is 6. The van der Waals surface area contributed by atoms with E-state index in [1.54, 1.807) is 0 Å². The van der Waals surface area contributed by atoms with Crippen LogP contribution in [0, 0.1) is 13.8 Å². The maximum Gasteiger partial charge on any atom is 0.0543 e. The summed E-state index contributed by atoms with van der Waals surface area (Å²) in [5, 5.41) is 7.87. The van der Waals surface area contributed by atoms with Gasteiger partial charge in [-0.1, -0.05) is 177 Å². The lowest BCUT2D eigenvalue weighted by atomic mass is 9.82. The summed E-state index contributed by atoms with van der Waals surface area (Å²) < 4.78 is 0. The Labute approximate surface area is 402 Å². The highest BCUT2D eigenvalue weighted by Gasteiger charge is 2.38. The first-order chi connectivity index (χ1) is 32.8. The number of hydrogen-bond acceptors (Lipinski definition) is 2. The molecule has 0 atom stereocenters. The van der Waals surface area contributed by atoms with E-state index in [1.807, 2.05) is 0 Å². The van der Waals surface area contributed by atoms with Gasteiger partial charge in [-0.15, -0.1) is 0 Å². The molecule has 0 saturated heterocycles. The fraction of sp³-hybridized carbons (Fsp3) is 0.212. The van der Waals surface area contributed by atoms with E-state index in [2.05, 4.69) is 249 Å². The van der Waals surface area contributed by atoms with Crippen LogP contribution in [-0.4, -0.2) is 0 Å². The van der Waals surface area contributed by atoms with Gasteiger partial charge in [-0.25, -0.2) is 0 Å². The number of aryl methyl sites for hydroxylation is 2. The van der Waals surface area contributed by atoms with Gasteiger partial charge < -0.3 is 9.80 Å². The van der Waals surface area contributed by atoms with Crippen molar-refractivity contribution in [3.05, 3.63) is 214 Å². The Kier molecular flexibility index (Phi) is 9.42. The Hall–Kier alpha value is -7.16. The van der Waals surface area contributed by atoms with Crippen molar-refractivity contribution < 1.29 is 0 Å². The molecular weight excluding hydrogens is 821 g/mol. The van der Waals surface area contributed by atoms with E-state index in [4.69, 9.17) is 0 Å². The van der Waals surface area contributed by atoms with Crippen molar-refractivity contribution in [1.29, 1.82) is 0 Å². The lowest BCUT2D eigenvalue weighted by Crippen LogP contribution is -2.17. The van der Waals surface area contributed by atoms with Gasteiger partial charge in [0.25, 0.3) is 0 Å². The Morgan fingerprint density at radius 3 is 1.09 bits per heavy atom. The van der Waals surface area contributed by atoms with Crippen LogP contribution < -0.4 is 9.80 Å². The van der Waals surface area contributed by atoms with Crippen LogP contribution in [0.3, 0.4) is 0 Å². The quantitative estimate of drug-likeness (QED) is 0.140. The molecule has 0 fully saturated rings.